The SMILES string of the molecule is CCC(NC(=O)OCc1ccccc1)c1nnn[nH]1. The third-order valence-electron chi connectivity index (χ3n) is 2.60. The van der Waals surface area contributed by atoms with Crippen LogP contribution in [0.5, 0.6) is 0 Å². The van der Waals surface area contributed by atoms with Crippen molar-refractivity contribution >= 4 is 6.09 Å². The second kappa shape index (κ2) is 6.48. The van der Waals surface area contributed by atoms with Crippen LogP contribution in [-0.4, -0.2) is 26.7 Å². The van der Waals surface area contributed by atoms with Gasteiger partial charge in [-0.1, -0.05) is 37.3 Å². The molecule has 100 valence electrons. The molecule has 7 heteroatoms. The number of ether oxygens (including phenoxy) is 1. The third kappa shape index (κ3) is 3.77. The number of aromatic nitrogens is 4. The van der Waals surface area contributed by atoms with Crippen molar-refractivity contribution in [2.75, 3.05) is 0 Å². The molecule has 19 heavy (non-hydrogen) atoms. The van der Waals surface area contributed by atoms with Crippen molar-refractivity contribution in [1.29, 1.82) is 0 Å². The number of carbonyl (C=O) groups excluding carboxylic acids is 1. The first-order valence-electron chi connectivity index (χ1n) is 6.00. The second-order valence-electron chi connectivity index (χ2n) is 3.95. The van der Waals surface area contributed by atoms with E-state index in [1.807, 2.05) is 37.3 Å². The van der Waals surface area contributed by atoms with Crippen molar-refractivity contribution in [3.63, 3.8) is 0 Å². The summed E-state index contributed by atoms with van der Waals surface area (Å²) in [6.07, 6.45) is 0.171. The molecule has 0 radical (unpaired) electrons. The molecule has 2 aromatic rings. The molecule has 1 aromatic carbocycles. The van der Waals surface area contributed by atoms with Gasteiger partial charge in [-0.3, -0.25) is 0 Å². The quantitative estimate of drug-likeness (QED) is 0.852. The molecule has 1 aromatic heterocycles. The number of hydrogen-bond acceptors (Lipinski definition) is 5. The molecule has 1 amide bonds. The zero-order valence-electron chi connectivity index (χ0n) is 10.5. The van der Waals surface area contributed by atoms with Gasteiger partial charge in [0.25, 0.3) is 0 Å². The lowest BCUT2D eigenvalue weighted by molar-refractivity contribution is 0.135. The summed E-state index contributed by atoms with van der Waals surface area (Å²) in [7, 11) is 0. The summed E-state index contributed by atoms with van der Waals surface area (Å²) < 4.78 is 5.13. The van der Waals surface area contributed by atoms with Crippen LogP contribution in [0, 0.1) is 0 Å². The summed E-state index contributed by atoms with van der Waals surface area (Å²) >= 11 is 0. The van der Waals surface area contributed by atoms with Gasteiger partial charge in [-0.2, -0.15) is 0 Å². The molecule has 0 saturated carbocycles. The number of rotatable bonds is 5. The van der Waals surface area contributed by atoms with Crippen LogP contribution < -0.4 is 5.32 Å². The molecule has 0 aliphatic rings. The summed E-state index contributed by atoms with van der Waals surface area (Å²) in [5.74, 6) is 0.513. The fourth-order valence-corrected chi connectivity index (χ4v) is 1.58. The largest absolute Gasteiger partial charge is 0.445 e. The Morgan fingerprint density at radius 1 is 1.42 bits per heavy atom. The molecule has 0 aliphatic carbocycles. The highest BCUT2D eigenvalue weighted by molar-refractivity contribution is 5.67. The van der Waals surface area contributed by atoms with E-state index in [-0.39, 0.29) is 12.6 Å². The maximum atomic E-state index is 11.7. The first kappa shape index (κ1) is 13.0. The van der Waals surface area contributed by atoms with E-state index in [1.165, 1.54) is 0 Å². The summed E-state index contributed by atoms with van der Waals surface area (Å²) in [4.78, 5) is 11.7. The van der Waals surface area contributed by atoms with Crippen molar-refractivity contribution in [2.45, 2.75) is 26.0 Å². The average molecular weight is 261 g/mol. The number of nitrogens with one attached hydrogen (secondary N) is 2. The zero-order valence-corrected chi connectivity index (χ0v) is 10.5. The summed E-state index contributed by atoms with van der Waals surface area (Å²) in [5, 5.41) is 16.1. The lowest BCUT2D eigenvalue weighted by atomic mass is 10.2. The molecule has 2 rings (SSSR count). The van der Waals surface area contributed by atoms with E-state index in [0.29, 0.717) is 12.2 Å². The Labute approximate surface area is 110 Å². The third-order valence-corrected chi connectivity index (χ3v) is 2.60. The van der Waals surface area contributed by atoms with Crippen molar-refractivity contribution in [3.05, 3.63) is 41.7 Å². The number of tetrazole rings is 1. The Bertz CT molecular complexity index is 500. The Morgan fingerprint density at radius 2 is 2.21 bits per heavy atom. The van der Waals surface area contributed by atoms with E-state index >= 15 is 0 Å². The fourth-order valence-electron chi connectivity index (χ4n) is 1.58. The Kier molecular flexibility index (Phi) is 4.44. The number of carbonyl (C=O) groups is 1. The van der Waals surface area contributed by atoms with Crippen LogP contribution in [0.25, 0.3) is 0 Å². The van der Waals surface area contributed by atoms with Crippen molar-refractivity contribution in [1.82, 2.24) is 25.9 Å². The number of amides is 1. The van der Waals surface area contributed by atoms with Crippen molar-refractivity contribution < 1.29 is 9.53 Å². The van der Waals surface area contributed by atoms with Gasteiger partial charge in [0.05, 0.1) is 6.04 Å². The number of alkyl carbamates (subject to hydrolysis) is 1. The van der Waals surface area contributed by atoms with E-state index in [2.05, 4.69) is 25.9 Å². The van der Waals surface area contributed by atoms with Gasteiger partial charge in [0.1, 0.15) is 6.61 Å². The molecular formula is C12H15N5O2. The number of hydrogen-bond donors (Lipinski definition) is 2. The number of benzene rings is 1. The predicted octanol–water partition coefficient (Wildman–Crippen LogP) is 1.58. The molecule has 1 unspecified atom stereocenters. The van der Waals surface area contributed by atoms with Crippen LogP contribution in [0.2, 0.25) is 0 Å². The Balaban J connectivity index is 1.84. The highest BCUT2D eigenvalue weighted by atomic mass is 16.5. The van der Waals surface area contributed by atoms with Gasteiger partial charge in [-0.25, -0.2) is 9.89 Å². The van der Waals surface area contributed by atoms with Gasteiger partial charge in [0, 0.05) is 0 Å². The molecule has 0 fully saturated rings. The van der Waals surface area contributed by atoms with Gasteiger partial charge in [-0.05, 0) is 22.4 Å². The first-order chi connectivity index (χ1) is 9.29. The first-order valence-corrected chi connectivity index (χ1v) is 6.00. The molecule has 1 heterocycles. The molecule has 2 N–H and O–H groups in total. The zero-order chi connectivity index (χ0) is 13.5. The number of nitrogens with zero attached hydrogens (tertiary/aromatic N) is 3. The lowest BCUT2D eigenvalue weighted by Gasteiger charge is -2.13. The van der Waals surface area contributed by atoms with Crippen molar-refractivity contribution in [3.8, 4) is 0 Å². The van der Waals surface area contributed by atoms with Gasteiger partial charge in [0.2, 0.25) is 0 Å². The van der Waals surface area contributed by atoms with Crippen molar-refractivity contribution in [2.24, 2.45) is 0 Å². The molecule has 0 spiro atoms. The van der Waals surface area contributed by atoms with Gasteiger partial charge >= 0.3 is 6.09 Å². The minimum atomic E-state index is -0.493. The van der Waals surface area contributed by atoms with Gasteiger partial charge in [-0.15, -0.1) is 5.10 Å². The maximum absolute atomic E-state index is 11.7. The Morgan fingerprint density at radius 3 is 2.84 bits per heavy atom. The molecule has 0 aliphatic heterocycles. The van der Waals surface area contributed by atoms with Crippen LogP contribution in [-0.2, 0) is 11.3 Å². The smallest absolute Gasteiger partial charge is 0.408 e. The number of aromatic amines is 1. The second-order valence-corrected chi connectivity index (χ2v) is 3.95. The summed E-state index contributed by atoms with van der Waals surface area (Å²) in [5.41, 5.74) is 0.937. The molecule has 0 bridgehead atoms. The van der Waals surface area contributed by atoms with Crippen LogP contribution in [0.1, 0.15) is 30.8 Å². The molecular weight excluding hydrogens is 246 g/mol. The lowest BCUT2D eigenvalue weighted by Crippen LogP contribution is -2.29. The van der Waals surface area contributed by atoms with Crippen LogP contribution in [0.15, 0.2) is 30.3 Å². The summed E-state index contributed by atoms with van der Waals surface area (Å²) in [6, 6.07) is 9.21. The predicted molar refractivity (Wildman–Crippen MR) is 67.0 cm³/mol. The Hall–Kier alpha value is -2.44. The topological polar surface area (TPSA) is 92.8 Å². The molecule has 1 atom stereocenters. The highest BCUT2D eigenvalue weighted by Crippen LogP contribution is 2.10. The average Bonchev–Trinajstić information content (AvgIpc) is 2.97. The van der Waals surface area contributed by atoms with Crippen LogP contribution in [0.4, 0.5) is 4.79 Å². The standard InChI is InChI=1S/C12H15N5O2/c1-2-10(11-14-16-17-15-11)13-12(18)19-8-9-6-4-3-5-7-9/h3-7,10H,2,8H2,1H3,(H,13,18)(H,14,15,16,17). The van der Waals surface area contributed by atoms with Crippen LogP contribution in [0.3, 0.4) is 0 Å². The van der Waals surface area contributed by atoms with Gasteiger partial charge < -0.3 is 10.1 Å². The molecule has 7 nitrogen and oxygen atoms in total. The van der Waals surface area contributed by atoms with Gasteiger partial charge in [0.15, 0.2) is 5.82 Å². The van der Waals surface area contributed by atoms with E-state index in [1.54, 1.807) is 0 Å². The minimum Gasteiger partial charge on any atom is -0.445 e. The summed E-state index contributed by atoms with van der Waals surface area (Å²) in [6.45, 7) is 2.16. The minimum absolute atomic E-state index is 0.234. The van der Waals surface area contributed by atoms with E-state index in [9.17, 15) is 4.79 Å². The van der Waals surface area contributed by atoms with E-state index < -0.39 is 6.09 Å². The van der Waals surface area contributed by atoms with E-state index in [4.69, 9.17) is 4.74 Å². The monoisotopic (exact) mass is 261 g/mol. The fraction of sp³-hybridized carbons (Fsp3) is 0.333. The van der Waals surface area contributed by atoms with Crippen LogP contribution >= 0.6 is 0 Å². The maximum Gasteiger partial charge on any atom is 0.408 e. The highest BCUT2D eigenvalue weighted by Gasteiger charge is 2.16. The van der Waals surface area contributed by atoms with E-state index in [0.717, 1.165) is 5.56 Å². The normalized spacial score (nSPS) is 11.8. The molecule has 0 saturated heterocycles. The number of H-pyrrole nitrogens is 1.